The van der Waals surface area contributed by atoms with E-state index in [0.717, 1.165) is 37.5 Å². The highest BCUT2D eigenvalue weighted by Gasteiger charge is 2.30. The number of nitrogens with one attached hydrogen (secondary N) is 1. The zero-order valence-electron chi connectivity index (χ0n) is 18.9. The van der Waals surface area contributed by atoms with Crippen molar-refractivity contribution < 1.29 is 22.7 Å². The molecule has 0 bridgehead atoms. The quantitative estimate of drug-likeness (QED) is 0.409. The normalized spacial score (nSPS) is 13.5. The molecular weight excluding hydrogens is 506 g/mol. The molecule has 2 amide bonds. The molecule has 4 aromatic rings. The SMILES string of the molecule is COC(=O)N1CCc2c(sc(NC(=O)c3ccccc3S(C)(=O)=O)c2-c2nc3ccccc3s2)C1. The number of benzene rings is 2. The summed E-state index contributed by atoms with van der Waals surface area (Å²) < 4.78 is 30.4. The molecule has 5 rings (SSSR count). The summed E-state index contributed by atoms with van der Waals surface area (Å²) in [7, 11) is -2.25. The summed E-state index contributed by atoms with van der Waals surface area (Å²) in [6.45, 7) is 0.846. The van der Waals surface area contributed by atoms with Gasteiger partial charge in [0.25, 0.3) is 5.91 Å². The lowest BCUT2D eigenvalue weighted by Gasteiger charge is -2.25. The third-order valence-electron chi connectivity index (χ3n) is 5.76. The van der Waals surface area contributed by atoms with Gasteiger partial charge in [-0.15, -0.1) is 22.7 Å². The first kappa shape index (κ1) is 23.5. The van der Waals surface area contributed by atoms with Gasteiger partial charge in [-0.25, -0.2) is 18.2 Å². The number of methoxy groups -OCH3 is 1. The number of nitrogens with zero attached hydrogens (tertiary/aromatic N) is 2. The summed E-state index contributed by atoms with van der Waals surface area (Å²) in [4.78, 5) is 32.7. The van der Waals surface area contributed by atoms with Crippen LogP contribution in [-0.4, -0.2) is 50.2 Å². The van der Waals surface area contributed by atoms with Crippen LogP contribution >= 0.6 is 22.7 Å². The molecule has 0 saturated carbocycles. The maximum Gasteiger partial charge on any atom is 0.409 e. The Labute approximate surface area is 210 Å². The predicted octanol–water partition coefficient (Wildman–Crippen LogP) is 4.81. The number of fused-ring (bicyclic) bond motifs is 2. The van der Waals surface area contributed by atoms with E-state index in [0.29, 0.717) is 24.5 Å². The monoisotopic (exact) mass is 527 g/mol. The minimum Gasteiger partial charge on any atom is -0.453 e. The number of hydrogen-bond donors (Lipinski definition) is 1. The maximum atomic E-state index is 13.3. The number of aromatic nitrogens is 1. The maximum absolute atomic E-state index is 13.3. The molecule has 0 saturated heterocycles. The highest BCUT2D eigenvalue weighted by Crippen LogP contribution is 2.46. The summed E-state index contributed by atoms with van der Waals surface area (Å²) in [5.74, 6) is -0.517. The number of hydrogen-bond acceptors (Lipinski definition) is 8. The van der Waals surface area contributed by atoms with Crippen LogP contribution < -0.4 is 5.32 Å². The summed E-state index contributed by atoms with van der Waals surface area (Å²) >= 11 is 2.90. The van der Waals surface area contributed by atoms with Gasteiger partial charge in [0.1, 0.15) is 10.0 Å². The molecule has 35 heavy (non-hydrogen) atoms. The summed E-state index contributed by atoms with van der Waals surface area (Å²) in [6.07, 6.45) is 1.26. The number of rotatable bonds is 4. The van der Waals surface area contributed by atoms with Gasteiger partial charge in [0.15, 0.2) is 9.84 Å². The smallest absolute Gasteiger partial charge is 0.409 e. The van der Waals surface area contributed by atoms with Crippen molar-refractivity contribution in [2.75, 3.05) is 25.2 Å². The van der Waals surface area contributed by atoms with E-state index in [1.165, 1.54) is 41.9 Å². The summed E-state index contributed by atoms with van der Waals surface area (Å²) in [6, 6.07) is 13.9. The molecule has 0 radical (unpaired) electrons. The molecular formula is C24H21N3O5S3. The molecule has 2 aromatic carbocycles. The fourth-order valence-corrected chi connectivity index (χ4v) is 7.38. The fraction of sp³-hybridized carbons (Fsp3) is 0.208. The van der Waals surface area contributed by atoms with Crippen LogP contribution in [-0.2, 0) is 27.5 Å². The van der Waals surface area contributed by atoms with Gasteiger partial charge in [-0.1, -0.05) is 24.3 Å². The van der Waals surface area contributed by atoms with Gasteiger partial charge in [-0.2, -0.15) is 0 Å². The Morgan fingerprint density at radius 2 is 1.83 bits per heavy atom. The van der Waals surface area contributed by atoms with Crippen molar-refractivity contribution in [3.05, 3.63) is 64.5 Å². The number of ether oxygens (including phenoxy) is 1. The highest BCUT2D eigenvalue weighted by molar-refractivity contribution is 7.90. The van der Waals surface area contributed by atoms with E-state index in [9.17, 15) is 18.0 Å². The van der Waals surface area contributed by atoms with Crippen molar-refractivity contribution in [3.8, 4) is 10.6 Å². The third kappa shape index (κ3) is 4.42. The Hall–Kier alpha value is -3.28. The third-order valence-corrected chi connectivity index (χ3v) is 9.10. The van der Waals surface area contributed by atoms with E-state index in [1.807, 2.05) is 24.3 Å². The molecule has 8 nitrogen and oxygen atoms in total. The first-order valence-corrected chi connectivity index (χ1v) is 14.2. The number of anilines is 1. The zero-order chi connectivity index (χ0) is 24.7. The van der Waals surface area contributed by atoms with E-state index in [1.54, 1.807) is 17.0 Å². The van der Waals surface area contributed by atoms with E-state index < -0.39 is 21.8 Å². The lowest BCUT2D eigenvalue weighted by molar-refractivity contribution is 0.102. The van der Waals surface area contributed by atoms with E-state index >= 15 is 0 Å². The number of carbonyl (C=O) groups is 2. The molecule has 0 unspecified atom stereocenters. The predicted molar refractivity (Wildman–Crippen MR) is 137 cm³/mol. The Balaban J connectivity index is 1.60. The summed E-state index contributed by atoms with van der Waals surface area (Å²) in [5.41, 5.74) is 2.79. The molecule has 0 spiro atoms. The minimum atomic E-state index is -3.60. The van der Waals surface area contributed by atoms with Gasteiger partial charge in [0.2, 0.25) is 0 Å². The zero-order valence-corrected chi connectivity index (χ0v) is 21.4. The Morgan fingerprint density at radius 1 is 1.09 bits per heavy atom. The van der Waals surface area contributed by atoms with Crippen LogP contribution in [0.1, 0.15) is 20.8 Å². The van der Waals surface area contributed by atoms with Crippen LogP contribution in [0.2, 0.25) is 0 Å². The van der Waals surface area contributed by atoms with Crippen LogP contribution in [0.5, 0.6) is 0 Å². The molecule has 0 atom stereocenters. The van der Waals surface area contributed by atoms with Gasteiger partial charge in [-0.3, -0.25) is 4.79 Å². The number of para-hydroxylation sites is 1. The molecule has 180 valence electrons. The Bertz CT molecular complexity index is 1540. The van der Waals surface area contributed by atoms with Crippen LogP contribution in [0.25, 0.3) is 20.8 Å². The lowest BCUT2D eigenvalue weighted by atomic mass is 10.0. The molecule has 11 heteroatoms. The van der Waals surface area contributed by atoms with Gasteiger partial charge in [0.05, 0.1) is 34.3 Å². The minimum absolute atomic E-state index is 0.0303. The van der Waals surface area contributed by atoms with E-state index in [2.05, 4.69) is 5.32 Å². The van der Waals surface area contributed by atoms with Crippen LogP contribution in [0.15, 0.2) is 53.4 Å². The van der Waals surface area contributed by atoms with Gasteiger partial charge in [-0.05, 0) is 36.2 Å². The average Bonchev–Trinajstić information content (AvgIpc) is 3.42. The van der Waals surface area contributed by atoms with Crippen molar-refractivity contribution in [2.24, 2.45) is 0 Å². The first-order valence-electron chi connectivity index (χ1n) is 10.7. The second-order valence-electron chi connectivity index (χ2n) is 8.06. The molecule has 1 aliphatic heterocycles. The second-order valence-corrected chi connectivity index (χ2v) is 12.2. The molecule has 0 aliphatic carbocycles. The number of thiazole rings is 1. The molecule has 1 N–H and O–H groups in total. The molecule has 3 heterocycles. The topological polar surface area (TPSA) is 106 Å². The second kappa shape index (κ2) is 9.06. The number of amides is 2. The Morgan fingerprint density at radius 3 is 2.57 bits per heavy atom. The van der Waals surface area contributed by atoms with Crippen molar-refractivity contribution >= 4 is 59.7 Å². The summed E-state index contributed by atoms with van der Waals surface area (Å²) in [5, 5.41) is 4.29. The molecule has 2 aromatic heterocycles. The Kier molecular flexibility index (Phi) is 6.07. The van der Waals surface area contributed by atoms with Crippen molar-refractivity contribution in [2.45, 2.75) is 17.9 Å². The fourth-order valence-electron chi connectivity index (χ4n) is 4.13. The van der Waals surface area contributed by atoms with Gasteiger partial charge < -0.3 is 15.0 Å². The van der Waals surface area contributed by atoms with Crippen molar-refractivity contribution in [3.63, 3.8) is 0 Å². The number of carbonyl (C=O) groups excluding carboxylic acids is 2. The highest BCUT2D eigenvalue weighted by atomic mass is 32.2. The largest absolute Gasteiger partial charge is 0.453 e. The first-order chi connectivity index (χ1) is 16.8. The standard InChI is InChI=1S/C24H21N3O5S3/c1-32-24(29)27-12-11-14-18(13-27)34-23(20(14)22-25-16-8-4-5-9-17(16)33-22)26-21(28)15-7-3-6-10-19(15)35(2,30)31/h3-10H,11-13H2,1-2H3,(H,26,28). The number of thiophene rings is 1. The molecule has 0 fully saturated rings. The van der Waals surface area contributed by atoms with Gasteiger partial charge >= 0.3 is 6.09 Å². The van der Waals surface area contributed by atoms with Crippen molar-refractivity contribution in [1.29, 1.82) is 0 Å². The average molecular weight is 528 g/mol. The van der Waals surface area contributed by atoms with Crippen LogP contribution in [0.4, 0.5) is 9.80 Å². The number of sulfone groups is 1. The van der Waals surface area contributed by atoms with Gasteiger partial charge in [0, 0.05) is 23.2 Å². The molecule has 1 aliphatic rings. The van der Waals surface area contributed by atoms with E-state index in [-0.39, 0.29) is 10.5 Å². The van der Waals surface area contributed by atoms with Crippen LogP contribution in [0.3, 0.4) is 0 Å². The van der Waals surface area contributed by atoms with Crippen molar-refractivity contribution in [1.82, 2.24) is 9.88 Å². The van der Waals surface area contributed by atoms with Crippen LogP contribution in [0, 0.1) is 0 Å². The lowest BCUT2D eigenvalue weighted by Crippen LogP contribution is -2.35. The van der Waals surface area contributed by atoms with E-state index in [4.69, 9.17) is 9.72 Å².